The number of nitrogens with zero attached hydrogens (tertiary/aromatic N) is 1. The molecule has 0 aliphatic carbocycles. The van der Waals surface area contributed by atoms with Crippen molar-refractivity contribution < 1.29 is 58.4 Å². The van der Waals surface area contributed by atoms with Gasteiger partial charge in [0, 0.05) is 12.1 Å². The Morgan fingerprint density at radius 1 is 0.736 bits per heavy atom. The average molecular weight is 757 g/mol. The molecule has 3 rings (SSSR count). The Morgan fingerprint density at radius 3 is 1.94 bits per heavy atom. The number of aromatic nitrogens is 1. The highest BCUT2D eigenvalue weighted by Crippen LogP contribution is 2.25. The number of benzene rings is 2. The molecule has 1 heterocycles. The molecule has 0 fully saturated rings. The van der Waals surface area contributed by atoms with Gasteiger partial charge in [0.2, 0.25) is 23.6 Å². The van der Waals surface area contributed by atoms with Crippen LogP contribution in [0.3, 0.4) is 0 Å². The van der Waals surface area contributed by atoms with Gasteiger partial charge in [-0.05, 0) is 43.0 Å². The lowest BCUT2D eigenvalue weighted by molar-refractivity contribution is -0.141. The van der Waals surface area contributed by atoms with Crippen LogP contribution in [-0.4, -0.2) is 92.1 Å². The topological polar surface area (TPSA) is 280 Å². The van der Waals surface area contributed by atoms with E-state index in [1.54, 1.807) is 48.5 Å². The number of aryl methyl sites for hydroxylation is 1. The van der Waals surface area contributed by atoms with E-state index in [4.69, 9.17) is 4.74 Å². The molecule has 5 amide bonds. The standard InChI is InChI=1S/C34H40N6O12S/c1-17(2)29(33(50)38-23(14-27(43)44)31(48)36-20-9-10-21-25(13-20)53-18(3)35-21)40-30(47)22(11-12-26(41)42)37-32(49)24(15-28(45)46)39-34(51)52-16-19-7-5-4-6-8-19/h4-10,13,17,22-24,29H,11-12,14-16H2,1-3H3,(H,36,48)(H,37,49)(H,38,50)(H,39,51)(H,40,47)(H,41,42)(H,43,44)(H,45,46). The van der Waals surface area contributed by atoms with E-state index in [0.29, 0.717) is 16.8 Å². The number of aliphatic carboxylic acids is 3. The molecular weight excluding hydrogens is 716 g/mol. The second-order valence-electron chi connectivity index (χ2n) is 12.1. The summed E-state index contributed by atoms with van der Waals surface area (Å²) >= 11 is 1.38. The molecular formula is C34H40N6O12S. The van der Waals surface area contributed by atoms with Gasteiger partial charge in [0.1, 0.15) is 30.8 Å². The summed E-state index contributed by atoms with van der Waals surface area (Å²) in [4.78, 5) is 105. The number of carboxylic acids is 3. The second-order valence-corrected chi connectivity index (χ2v) is 13.4. The van der Waals surface area contributed by atoms with Crippen molar-refractivity contribution in [2.45, 2.75) is 77.2 Å². The molecule has 3 aromatic rings. The fourth-order valence-electron chi connectivity index (χ4n) is 4.88. The molecule has 53 heavy (non-hydrogen) atoms. The fraction of sp³-hybridized carbons (Fsp3) is 0.382. The molecule has 0 aliphatic heterocycles. The first-order chi connectivity index (χ1) is 25.0. The van der Waals surface area contributed by atoms with Crippen LogP contribution in [0.25, 0.3) is 10.2 Å². The Morgan fingerprint density at radius 2 is 1.34 bits per heavy atom. The molecule has 1 aromatic heterocycles. The zero-order valence-corrected chi connectivity index (χ0v) is 29.7. The maximum absolute atomic E-state index is 13.5. The van der Waals surface area contributed by atoms with Crippen LogP contribution in [0.2, 0.25) is 0 Å². The van der Waals surface area contributed by atoms with Crippen LogP contribution in [0, 0.1) is 12.8 Å². The lowest BCUT2D eigenvalue weighted by Gasteiger charge is -2.27. The minimum atomic E-state index is -1.75. The smallest absolute Gasteiger partial charge is 0.408 e. The Labute approximate surface area is 306 Å². The summed E-state index contributed by atoms with van der Waals surface area (Å²) in [5.74, 6) is -8.95. The van der Waals surface area contributed by atoms with Gasteiger partial charge in [-0.3, -0.25) is 33.6 Å². The number of carboxylic acid groups (broad SMARTS) is 3. The van der Waals surface area contributed by atoms with Gasteiger partial charge in [0.15, 0.2) is 0 Å². The van der Waals surface area contributed by atoms with Gasteiger partial charge >= 0.3 is 24.0 Å². The van der Waals surface area contributed by atoms with Gasteiger partial charge in [-0.15, -0.1) is 11.3 Å². The number of alkyl carbamates (subject to hydrolysis) is 1. The predicted octanol–water partition coefficient (Wildman–Crippen LogP) is 1.76. The van der Waals surface area contributed by atoms with Gasteiger partial charge < -0.3 is 46.6 Å². The first kappa shape index (κ1) is 41.3. The summed E-state index contributed by atoms with van der Waals surface area (Å²) in [7, 11) is 0. The molecule has 284 valence electrons. The molecule has 8 N–H and O–H groups in total. The summed E-state index contributed by atoms with van der Waals surface area (Å²) in [5, 5.41) is 40.6. The zero-order chi connectivity index (χ0) is 39.2. The van der Waals surface area contributed by atoms with Gasteiger partial charge in [0.05, 0.1) is 28.1 Å². The number of anilines is 1. The van der Waals surface area contributed by atoms with Gasteiger partial charge in [0.25, 0.3) is 0 Å². The van der Waals surface area contributed by atoms with Crippen molar-refractivity contribution in [2.75, 3.05) is 5.32 Å². The number of ether oxygens (including phenoxy) is 1. The lowest BCUT2D eigenvalue weighted by Crippen LogP contribution is -2.59. The summed E-state index contributed by atoms with van der Waals surface area (Å²) in [5.41, 5.74) is 1.63. The van der Waals surface area contributed by atoms with Crippen molar-refractivity contribution in [1.82, 2.24) is 26.3 Å². The number of nitrogens with one attached hydrogen (secondary N) is 5. The van der Waals surface area contributed by atoms with Crippen molar-refractivity contribution >= 4 is 74.9 Å². The highest BCUT2D eigenvalue weighted by Gasteiger charge is 2.34. The van der Waals surface area contributed by atoms with Crippen LogP contribution >= 0.6 is 11.3 Å². The largest absolute Gasteiger partial charge is 0.481 e. The zero-order valence-electron chi connectivity index (χ0n) is 28.9. The van der Waals surface area contributed by atoms with Crippen molar-refractivity contribution in [1.29, 1.82) is 0 Å². The fourth-order valence-corrected chi connectivity index (χ4v) is 5.75. The quantitative estimate of drug-likeness (QED) is 0.0867. The number of hydrogen-bond acceptors (Lipinski definition) is 11. The van der Waals surface area contributed by atoms with Crippen LogP contribution in [-0.2, 0) is 44.9 Å². The van der Waals surface area contributed by atoms with E-state index in [0.717, 1.165) is 9.71 Å². The SMILES string of the molecule is Cc1nc2ccc(NC(=O)C(CC(=O)O)NC(=O)C(NC(=O)C(CCC(=O)O)NC(=O)C(CC(=O)O)NC(=O)OCc3ccccc3)C(C)C)cc2s1. The number of rotatable bonds is 19. The van der Waals surface area contributed by atoms with Crippen molar-refractivity contribution in [3.8, 4) is 0 Å². The molecule has 18 nitrogen and oxygen atoms in total. The highest BCUT2D eigenvalue weighted by molar-refractivity contribution is 7.18. The third-order valence-electron chi connectivity index (χ3n) is 7.50. The number of hydrogen-bond donors (Lipinski definition) is 8. The monoisotopic (exact) mass is 756 g/mol. The first-order valence-electron chi connectivity index (χ1n) is 16.2. The normalized spacial score (nSPS) is 13.1. The highest BCUT2D eigenvalue weighted by atomic mass is 32.1. The van der Waals surface area contributed by atoms with Gasteiger partial charge in [-0.2, -0.15) is 0 Å². The van der Waals surface area contributed by atoms with E-state index in [2.05, 4.69) is 31.6 Å². The number of thiazole rings is 1. The lowest BCUT2D eigenvalue weighted by atomic mass is 10.0. The summed E-state index contributed by atoms with van der Waals surface area (Å²) in [6, 6.07) is 6.93. The Bertz CT molecular complexity index is 1830. The van der Waals surface area contributed by atoms with Gasteiger partial charge in [-0.25, -0.2) is 9.78 Å². The molecule has 4 unspecified atom stereocenters. The van der Waals surface area contributed by atoms with Crippen LogP contribution in [0.15, 0.2) is 48.5 Å². The predicted molar refractivity (Wildman–Crippen MR) is 189 cm³/mol. The second kappa shape index (κ2) is 19.5. The summed E-state index contributed by atoms with van der Waals surface area (Å²) < 4.78 is 5.82. The van der Waals surface area contributed by atoms with E-state index < -0.39 is 103 Å². The van der Waals surface area contributed by atoms with E-state index >= 15 is 0 Å². The third-order valence-corrected chi connectivity index (χ3v) is 8.44. The first-order valence-corrected chi connectivity index (χ1v) is 17.1. The molecule has 0 saturated heterocycles. The molecule has 19 heteroatoms. The van der Waals surface area contributed by atoms with E-state index in [-0.39, 0.29) is 6.61 Å². The van der Waals surface area contributed by atoms with E-state index in [9.17, 15) is 53.7 Å². The average Bonchev–Trinajstić information content (AvgIpc) is 3.46. The van der Waals surface area contributed by atoms with Crippen LogP contribution < -0.4 is 26.6 Å². The van der Waals surface area contributed by atoms with E-state index in [1.165, 1.54) is 25.2 Å². The molecule has 0 aliphatic rings. The summed E-state index contributed by atoms with van der Waals surface area (Å²) in [6.07, 6.45) is -4.04. The number of fused-ring (bicyclic) bond motifs is 1. The number of amides is 5. The van der Waals surface area contributed by atoms with Crippen molar-refractivity contribution in [3.63, 3.8) is 0 Å². The van der Waals surface area contributed by atoms with Crippen LogP contribution in [0.4, 0.5) is 10.5 Å². The minimum Gasteiger partial charge on any atom is -0.481 e. The molecule has 2 aromatic carbocycles. The third kappa shape index (κ3) is 13.5. The maximum Gasteiger partial charge on any atom is 0.408 e. The van der Waals surface area contributed by atoms with Crippen LogP contribution in [0.5, 0.6) is 0 Å². The van der Waals surface area contributed by atoms with Gasteiger partial charge in [-0.1, -0.05) is 44.2 Å². The minimum absolute atomic E-state index is 0.201. The molecule has 4 atom stereocenters. The van der Waals surface area contributed by atoms with Crippen molar-refractivity contribution in [3.05, 3.63) is 59.1 Å². The van der Waals surface area contributed by atoms with Crippen LogP contribution in [0.1, 0.15) is 50.1 Å². The molecule has 0 spiro atoms. The molecule has 0 radical (unpaired) electrons. The Hall–Kier alpha value is -6.11. The Kier molecular flexibility index (Phi) is 15.2. The van der Waals surface area contributed by atoms with Crippen molar-refractivity contribution in [2.24, 2.45) is 5.92 Å². The molecule has 0 saturated carbocycles. The van der Waals surface area contributed by atoms with E-state index in [1.807, 2.05) is 6.92 Å². The summed E-state index contributed by atoms with van der Waals surface area (Å²) in [6.45, 7) is 4.67. The molecule has 0 bridgehead atoms. The number of carbonyl (C=O) groups is 8. The number of carbonyl (C=O) groups excluding carboxylic acids is 5. The maximum atomic E-state index is 13.5. The Balaban J connectivity index is 1.73.